The van der Waals surface area contributed by atoms with E-state index >= 15 is 0 Å². The van der Waals surface area contributed by atoms with Crippen molar-refractivity contribution in [3.8, 4) is 23.7 Å². The monoisotopic (exact) mass is 281 g/mol. The van der Waals surface area contributed by atoms with E-state index in [9.17, 15) is 4.39 Å². The highest BCUT2D eigenvalue weighted by atomic mass is 19.1. The van der Waals surface area contributed by atoms with Crippen molar-refractivity contribution in [2.45, 2.75) is 6.61 Å². The molecule has 2 rings (SSSR count). The molecule has 0 saturated carbocycles. The molecule has 0 atom stereocenters. The number of rotatable bonds is 3. The van der Waals surface area contributed by atoms with Gasteiger partial charge in [0.25, 0.3) is 0 Å². The molecule has 0 fully saturated rings. The van der Waals surface area contributed by atoms with Gasteiger partial charge in [-0.1, -0.05) is 17.9 Å². The number of nitriles is 1. The summed E-state index contributed by atoms with van der Waals surface area (Å²) in [6, 6.07) is 13.1. The highest BCUT2D eigenvalue weighted by Crippen LogP contribution is 2.17. The fraction of sp³-hybridized carbons (Fsp3) is 0.118. The molecule has 2 aromatic rings. The Kier molecular flexibility index (Phi) is 4.93. The van der Waals surface area contributed by atoms with Gasteiger partial charge < -0.3 is 9.84 Å². The minimum atomic E-state index is -0.412. The summed E-state index contributed by atoms with van der Waals surface area (Å²) in [6.45, 7) is -0.185. The first-order valence-corrected chi connectivity index (χ1v) is 6.24. The Balaban J connectivity index is 2.11. The smallest absolute Gasteiger partial charge is 0.129 e. The number of aliphatic hydroxyl groups excluding tert-OH is 1. The standard InChI is InChI=1S/C17H12FNO2/c18-17-7-6-14(11-19)9-15(17)12-21-16-5-1-3-13(10-16)4-2-8-20/h1,3,5-7,9-10,20H,8,12H2. The van der Waals surface area contributed by atoms with Crippen molar-refractivity contribution in [3.63, 3.8) is 0 Å². The van der Waals surface area contributed by atoms with E-state index in [0.29, 0.717) is 22.4 Å². The Morgan fingerprint density at radius 2 is 2.00 bits per heavy atom. The van der Waals surface area contributed by atoms with E-state index in [1.54, 1.807) is 24.3 Å². The summed E-state index contributed by atoms with van der Waals surface area (Å²) in [5.74, 6) is 5.44. The minimum absolute atomic E-state index is 0.0260. The zero-order valence-corrected chi connectivity index (χ0v) is 11.1. The third-order valence-electron chi connectivity index (χ3n) is 2.71. The van der Waals surface area contributed by atoms with Crippen LogP contribution in [0.25, 0.3) is 0 Å². The van der Waals surface area contributed by atoms with Crippen LogP contribution in [-0.4, -0.2) is 11.7 Å². The lowest BCUT2D eigenvalue weighted by Gasteiger charge is -2.07. The van der Waals surface area contributed by atoms with Gasteiger partial charge in [-0.05, 0) is 36.4 Å². The molecular formula is C17H12FNO2. The molecule has 0 unspecified atom stereocenters. The predicted octanol–water partition coefficient (Wildman–Crippen LogP) is 2.62. The fourth-order valence-corrected chi connectivity index (χ4v) is 1.72. The Bertz CT molecular complexity index is 738. The second kappa shape index (κ2) is 7.09. The molecule has 0 radical (unpaired) electrons. The van der Waals surface area contributed by atoms with Crippen LogP contribution >= 0.6 is 0 Å². The summed E-state index contributed by atoms with van der Waals surface area (Å²) in [4.78, 5) is 0. The van der Waals surface area contributed by atoms with Crippen LogP contribution in [0.15, 0.2) is 42.5 Å². The molecule has 0 saturated heterocycles. The Hall–Kier alpha value is -2.82. The van der Waals surface area contributed by atoms with Crippen LogP contribution in [0.1, 0.15) is 16.7 Å². The van der Waals surface area contributed by atoms with Crippen molar-refractivity contribution in [3.05, 3.63) is 65.0 Å². The van der Waals surface area contributed by atoms with Gasteiger partial charge >= 0.3 is 0 Å². The van der Waals surface area contributed by atoms with Crippen LogP contribution in [0.3, 0.4) is 0 Å². The molecular weight excluding hydrogens is 269 g/mol. The fourth-order valence-electron chi connectivity index (χ4n) is 1.72. The normalized spacial score (nSPS) is 9.38. The minimum Gasteiger partial charge on any atom is -0.489 e. The van der Waals surface area contributed by atoms with Crippen molar-refractivity contribution < 1.29 is 14.2 Å². The Labute approximate surface area is 122 Å². The first-order valence-electron chi connectivity index (χ1n) is 6.24. The third kappa shape index (κ3) is 4.07. The van der Waals surface area contributed by atoms with Crippen molar-refractivity contribution in [1.29, 1.82) is 5.26 Å². The number of ether oxygens (including phenoxy) is 1. The predicted molar refractivity (Wildman–Crippen MR) is 75.9 cm³/mol. The molecule has 104 valence electrons. The molecule has 0 aliphatic rings. The lowest BCUT2D eigenvalue weighted by molar-refractivity contribution is 0.299. The van der Waals surface area contributed by atoms with Gasteiger partial charge in [-0.3, -0.25) is 0 Å². The van der Waals surface area contributed by atoms with E-state index in [2.05, 4.69) is 11.8 Å². The summed E-state index contributed by atoms with van der Waals surface area (Å²) in [7, 11) is 0. The molecule has 0 aliphatic heterocycles. The average molecular weight is 281 g/mol. The van der Waals surface area contributed by atoms with E-state index in [4.69, 9.17) is 15.1 Å². The van der Waals surface area contributed by atoms with Crippen molar-refractivity contribution in [2.75, 3.05) is 6.61 Å². The van der Waals surface area contributed by atoms with Gasteiger partial charge in [-0.15, -0.1) is 0 Å². The van der Waals surface area contributed by atoms with Crippen molar-refractivity contribution in [2.24, 2.45) is 0 Å². The van der Waals surface area contributed by atoms with Crippen LogP contribution in [0, 0.1) is 29.0 Å². The number of benzene rings is 2. The molecule has 2 aromatic carbocycles. The molecule has 0 spiro atoms. The average Bonchev–Trinajstić information content (AvgIpc) is 2.52. The molecule has 0 amide bonds. The van der Waals surface area contributed by atoms with Crippen LogP contribution < -0.4 is 4.74 Å². The second-order valence-corrected chi connectivity index (χ2v) is 4.19. The molecule has 1 N–H and O–H groups in total. The zero-order valence-electron chi connectivity index (χ0n) is 11.1. The highest BCUT2D eigenvalue weighted by molar-refractivity contribution is 5.40. The lowest BCUT2D eigenvalue weighted by Crippen LogP contribution is -1.99. The molecule has 0 aromatic heterocycles. The molecule has 0 bridgehead atoms. The number of halogens is 1. The van der Waals surface area contributed by atoms with Gasteiger partial charge in [0.15, 0.2) is 0 Å². The molecule has 3 nitrogen and oxygen atoms in total. The number of nitrogens with zero attached hydrogens (tertiary/aromatic N) is 1. The first kappa shape index (κ1) is 14.6. The zero-order chi connectivity index (χ0) is 15.1. The second-order valence-electron chi connectivity index (χ2n) is 4.19. The molecule has 21 heavy (non-hydrogen) atoms. The van der Waals surface area contributed by atoms with E-state index in [-0.39, 0.29) is 13.2 Å². The van der Waals surface area contributed by atoms with Gasteiger partial charge in [0.05, 0.1) is 11.6 Å². The lowest BCUT2D eigenvalue weighted by atomic mass is 10.1. The quantitative estimate of drug-likeness (QED) is 0.880. The SMILES string of the molecule is N#Cc1ccc(F)c(COc2cccc(C#CCO)c2)c1. The van der Waals surface area contributed by atoms with Gasteiger partial charge in [0.1, 0.15) is 24.8 Å². The summed E-state index contributed by atoms with van der Waals surface area (Å²) >= 11 is 0. The third-order valence-corrected chi connectivity index (χ3v) is 2.71. The van der Waals surface area contributed by atoms with Crippen LogP contribution in [0.2, 0.25) is 0 Å². The summed E-state index contributed by atoms with van der Waals surface area (Å²) < 4.78 is 19.1. The first-order chi connectivity index (χ1) is 10.2. The van der Waals surface area contributed by atoms with Crippen molar-refractivity contribution >= 4 is 0 Å². The molecule has 4 heteroatoms. The van der Waals surface area contributed by atoms with Gasteiger partial charge in [0.2, 0.25) is 0 Å². The molecule has 0 heterocycles. The number of hydrogen-bond acceptors (Lipinski definition) is 3. The highest BCUT2D eigenvalue weighted by Gasteiger charge is 2.05. The number of aliphatic hydroxyl groups is 1. The van der Waals surface area contributed by atoms with Crippen LogP contribution in [0.5, 0.6) is 5.75 Å². The summed E-state index contributed by atoms with van der Waals surface area (Å²) in [5.41, 5.74) is 1.41. The van der Waals surface area contributed by atoms with E-state index in [1.807, 2.05) is 6.07 Å². The maximum atomic E-state index is 13.6. The Morgan fingerprint density at radius 3 is 2.76 bits per heavy atom. The van der Waals surface area contributed by atoms with Gasteiger partial charge in [-0.2, -0.15) is 5.26 Å². The summed E-state index contributed by atoms with van der Waals surface area (Å²) in [6.07, 6.45) is 0. The van der Waals surface area contributed by atoms with Gasteiger partial charge in [0, 0.05) is 11.1 Å². The topological polar surface area (TPSA) is 53.2 Å². The van der Waals surface area contributed by atoms with Crippen LogP contribution in [0.4, 0.5) is 4.39 Å². The van der Waals surface area contributed by atoms with E-state index in [1.165, 1.54) is 18.2 Å². The maximum Gasteiger partial charge on any atom is 0.129 e. The summed E-state index contributed by atoms with van der Waals surface area (Å²) in [5, 5.41) is 17.5. The van der Waals surface area contributed by atoms with Crippen LogP contribution in [-0.2, 0) is 6.61 Å². The van der Waals surface area contributed by atoms with Gasteiger partial charge in [-0.25, -0.2) is 4.39 Å². The van der Waals surface area contributed by atoms with Crippen molar-refractivity contribution in [1.82, 2.24) is 0 Å². The van der Waals surface area contributed by atoms with E-state index in [0.717, 1.165) is 0 Å². The number of hydrogen-bond donors (Lipinski definition) is 1. The maximum absolute atomic E-state index is 13.6. The molecule has 0 aliphatic carbocycles. The van der Waals surface area contributed by atoms with E-state index < -0.39 is 5.82 Å². The largest absolute Gasteiger partial charge is 0.489 e. The Morgan fingerprint density at radius 1 is 1.14 bits per heavy atom.